The third-order valence-electron chi connectivity index (χ3n) is 3.43. The van der Waals surface area contributed by atoms with Crippen molar-refractivity contribution in [2.45, 2.75) is 19.5 Å². The first kappa shape index (κ1) is 14.8. The van der Waals surface area contributed by atoms with E-state index in [0.29, 0.717) is 13.2 Å². The van der Waals surface area contributed by atoms with Crippen molar-refractivity contribution >= 4 is 5.97 Å². The molecule has 1 aromatic rings. The fourth-order valence-corrected chi connectivity index (χ4v) is 2.41. The van der Waals surface area contributed by atoms with Crippen LogP contribution in [0.2, 0.25) is 0 Å². The first-order valence-corrected chi connectivity index (χ1v) is 6.99. The summed E-state index contributed by atoms with van der Waals surface area (Å²) in [7, 11) is 1.66. The number of benzene rings is 1. The maximum Gasteiger partial charge on any atom is 0.324 e. The molecule has 5 nitrogen and oxygen atoms in total. The Labute approximate surface area is 119 Å². The van der Waals surface area contributed by atoms with Gasteiger partial charge in [0.25, 0.3) is 0 Å². The first-order chi connectivity index (χ1) is 9.74. The molecule has 1 N–H and O–H groups in total. The normalized spacial score (nSPS) is 19.6. The molecule has 1 atom stereocenters. The van der Waals surface area contributed by atoms with Crippen molar-refractivity contribution in [2.75, 3.05) is 33.4 Å². The van der Waals surface area contributed by atoms with E-state index in [-0.39, 0.29) is 12.0 Å². The van der Waals surface area contributed by atoms with Gasteiger partial charge >= 0.3 is 5.97 Å². The molecule has 1 saturated heterocycles. The Morgan fingerprint density at radius 3 is 3.10 bits per heavy atom. The Morgan fingerprint density at radius 1 is 1.50 bits per heavy atom. The fraction of sp³-hybridized carbons (Fsp3) is 0.533. The van der Waals surface area contributed by atoms with Gasteiger partial charge in [0, 0.05) is 26.2 Å². The van der Waals surface area contributed by atoms with E-state index in [1.807, 2.05) is 31.2 Å². The highest BCUT2D eigenvalue weighted by atomic mass is 16.5. The van der Waals surface area contributed by atoms with Crippen molar-refractivity contribution in [2.24, 2.45) is 0 Å². The molecule has 1 unspecified atom stereocenters. The molecule has 2 rings (SSSR count). The maximum atomic E-state index is 12.0. The van der Waals surface area contributed by atoms with Crippen LogP contribution in [0.4, 0.5) is 0 Å². The molecule has 1 aromatic carbocycles. The summed E-state index contributed by atoms with van der Waals surface area (Å²) in [4.78, 5) is 14.1. The van der Waals surface area contributed by atoms with Gasteiger partial charge in [0.2, 0.25) is 0 Å². The molecule has 1 fully saturated rings. The van der Waals surface area contributed by atoms with E-state index in [4.69, 9.17) is 9.47 Å². The van der Waals surface area contributed by atoms with E-state index in [9.17, 15) is 4.79 Å². The summed E-state index contributed by atoms with van der Waals surface area (Å²) < 4.78 is 10.4. The Hall–Kier alpha value is -1.59. The lowest BCUT2D eigenvalue weighted by Gasteiger charge is -2.34. The standard InChI is InChI=1S/C15H22N2O3/c1-3-20-15(18)14-10-16-7-8-17(14)11-12-5-4-6-13(9-12)19-2/h4-6,9,14,16H,3,7-8,10-11H2,1-2H3. The van der Waals surface area contributed by atoms with Gasteiger partial charge in [-0.2, -0.15) is 0 Å². The number of rotatable bonds is 5. The number of nitrogens with zero attached hydrogens (tertiary/aromatic N) is 1. The Balaban J connectivity index is 2.06. The van der Waals surface area contributed by atoms with Crippen LogP contribution in [0.5, 0.6) is 5.75 Å². The molecular weight excluding hydrogens is 256 g/mol. The largest absolute Gasteiger partial charge is 0.497 e. The molecule has 0 amide bonds. The number of methoxy groups -OCH3 is 1. The lowest BCUT2D eigenvalue weighted by atomic mass is 10.1. The van der Waals surface area contributed by atoms with E-state index < -0.39 is 0 Å². The number of hydrogen-bond acceptors (Lipinski definition) is 5. The number of piperazine rings is 1. The van der Waals surface area contributed by atoms with Gasteiger partial charge in [-0.1, -0.05) is 12.1 Å². The van der Waals surface area contributed by atoms with Crippen LogP contribution in [0.1, 0.15) is 12.5 Å². The van der Waals surface area contributed by atoms with Crippen molar-refractivity contribution in [3.63, 3.8) is 0 Å². The van der Waals surface area contributed by atoms with Crippen LogP contribution in [0, 0.1) is 0 Å². The van der Waals surface area contributed by atoms with Gasteiger partial charge in [-0.25, -0.2) is 0 Å². The van der Waals surface area contributed by atoms with Crippen LogP contribution >= 0.6 is 0 Å². The smallest absolute Gasteiger partial charge is 0.324 e. The van der Waals surface area contributed by atoms with Crippen LogP contribution < -0.4 is 10.1 Å². The zero-order chi connectivity index (χ0) is 14.4. The summed E-state index contributed by atoms with van der Waals surface area (Å²) in [6, 6.07) is 7.73. The van der Waals surface area contributed by atoms with Crippen molar-refractivity contribution < 1.29 is 14.3 Å². The molecule has 1 aliphatic heterocycles. The summed E-state index contributed by atoms with van der Waals surface area (Å²) in [6.07, 6.45) is 0. The number of carbonyl (C=O) groups is 1. The lowest BCUT2D eigenvalue weighted by molar-refractivity contribution is -0.150. The summed E-state index contributed by atoms with van der Waals surface area (Å²) in [5.74, 6) is 0.688. The molecule has 110 valence electrons. The predicted molar refractivity (Wildman–Crippen MR) is 76.7 cm³/mol. The highest BCUT2D eigenvalue weighted by molar-refractivity contribution is 5.76. The summed E-state index contributed by atoms with van der Waals surface area (Å²) in [6.45, 7) is 5.34. The van der Waals surface area contributed by atoms with Crippen molar-refractivity contribution in [3.8, 4) is 5.75 Å². The first-order valence-electron chi connectivity index (χ1n) is 6.99. The quantitative estimate of drug-likeness (QED) is 0.815. The van der Waals surface area contributed by atoms with E-state index >= 15 is 0 Å². The minimum absolute atomic E-state index is 0.150. The molecule has 0 saturated carbocycles. The fourth-order valence-electron chi connectivity index (χ4n) is 2.41. The highest BCUT2D eigenvalue weighted by Gasteiger charge is 2.29. The minimum Gasteiger partial charge on any atom is -0.497 e. The lowest BCUT2D eigenvalue weighted by Crippen LogP contribution is -2.54. The summed E-state index contributed by atoms with van der Waals surface area (Å²) >= 11 is 0. The van der Waals surface area contributed by atoms with Gasteiger partial charge in [-0.3, -0.25) is 9.69 Å². The van der Waals surface area contributed by atoms with Crippen LogP contribution in [0.15, 0.2) is 24.3 Å². The van der Waals surface area contributed by atoms with Gasteiger partial charge in [0.1, 0.15) is 11.8 Å². The Morgan fingerprint density at radius 2 is 2.35 bits per heavy atom. The minimum atomic E-state index is -0.213. The topological polar surface area (TPSA) is 50.8 Å². The molecular formula is C15H22N2O3. The molecule has 1 aliphatic rings. The predicted octanol–water partition coefficient (Wildman–Crippen LogP) is 1.03. The molecule has 0 radical (unpaired) electrons. The van der Waals surface area contributed by atoms with E-state index in [0.717, 1.165) is 30.9 Å². The second kappa shape index (κ2) is 7.26. The second-order valence-corrected chi connectivity index (χ2v) is 4.79. The number of esters is 1. The SMILES string of the molecule is CCOC(=O)C1CNCCN1Cc1cccc(OC)c1. The van der Waals surface area contributed by atoms with Crippen LogP contribution in [-0.4, -0.2) is 50.3 Å². The zero-order valence-corrected chi connectivity index (χ0v) is 12.1. The van der Waals surface area contributed by atoms with Crippen LogP contribution in [0.25, 0.3) is 0 Å². The van der Waals surface area contributed by atoms with Crippen molar-refractivity contribution in [1.29, 1.82) is 0 Å². The zero-order valence-electron chi connectivity index (χ0n) is 12.1. The molecule has 1 heterocycles. The van der Waals surface area contributed by atoms with Crippen molar-refractivity contribution in [1.82, 2.24) is 10.2 Å². The molecule has 20 heavy (non-hydrogen) atoms. The number of hydrogen-bond donors (Lipinski definition) is 1. The monoisotopic (exact) mass is 278 g/mol. The van der Waals surface area contributed by atoms with E-state index in [1.54, 1.807) is 7.11 Å². The molecule has 0 aliphatic carbocycles. The molecule has 5 heteroatoms. The Kier molecular flexibility index (Phi) is 5.38. The number of nitrogens with one attached hydrogen (secondary N) is 1. The van der Waals surface area contributed by atoms with Gasteiger partial charge in [-0.05, 0) is 24.6 Å². The molecule has 0 bridgehead atoms. The van der Waals surface area contributed by atoms with Gasteiger partial charge in [-0.15, -0.1) is 0 Å². The second-order valence-electron chi connectivity index (χ2n) is 4.79. The Bertz CT molecular complexity index is 450. The maximum absolute atomic E-state index is 12.0. The highest BCUT2D eigenvalue weighted by Crippen LogP contribution is 2.16. The molecule has 0 aromatic heterocycles. The van der Waals surface area contributed by atoms with Gasteiger partial charge in [0.05, 0.1) is 13.7 Å². The summed E-state index contributed by atoms with van der Waals surface area (Å²) in [5.41, 5.74) is 1.14. The molecule has 0 spiro atoms. The van der Waals surface area contributed by atoms with E-state index in [1.165, 1.54) is 0 Å². The van der Waals surface area contributed by atoms with Crippen molar-refractivity contribution in [3.05, 3.63) is 29.8 Å². The average molecular weight is 278 g/mol. The third kappa shape index (κ3) is 3.71. The van der Waals surface area contributed by atoms with E-state index in [2.05, 4.69) is 10.2 Å². The summed E-state index contributed by atoms with van der Waals surface area (Å²) in [5, 5.41) is 3.25. The third-order valence-corrected chi connectivity index (χ3v) is 3.43. The van der Waals surface area contributed by atoms with Crippen LogP contribution in [-0.2, 0) is 16.1 Å². The van der Waals surface area contributed by atoms with Gasteiger partial charge < -0.3 is 14.8 Å². The number of ether oxygens (including phenoxy) is 2. The van der Waals surface area contributed by atoms with Crippen LogP contribution in [0.3, 0.4) is 0 Å². The number of carbonyl (C=O) groups excluding carboxylic acids is 1. The van der Waals surface area contributed by atoms with Gasteiger partial charge in [0.15, 0.2) is 0 Å². The average Bonchev–Trinajstić information content (AvgIpc) is 2.48.